The summed E-state index contributed by atoms with van der Waals surface area (Å²) in [5, 5.41) is 9.85. The van der Waals surface area contributed by atoms with Crippen molar-refractivity contribution < 1.29 is 5.11 Å². The first-order chi connectivity index (χ1) is 5.01. The summed E-state index contributed by atoms with van der Waals surface area (Å²) in [6, 6.07) is 0. The first-order valence-electron chi connectivity index (χ1n) is 4.69. The van der Waals surface area contributed by atoms with Crippen LogP contribution in [0.4, 0.5) is 0 Å². The largest absolute Gasteiger partial charge is 0.392 e. The smallest absolute Gasteiger partial charge is 0.0610 e. The number of aliphatic hydroxyl groups excluding tert-OH is 1. The second kappa shape index (κ2) is 1.28. The Balaban J connectivity index is 2.16. The Bertz CT molecular complexity index is 228. The topological polar surface area (TPSA) is 20.2 Å². The first kappa shape index (κ1) is 6.47. The molecule has 62 valence electrons. The summed E-state index contributed by atoms with van der Waals surface area (Å²) >= 11 is 0. The molecule has 0 unspecified atom stereocenters. The molecule has 0 amide bonds. The molecule has 0 aromatic carbocycles. The molecule has 0 saturated heterocycles. The Morgan fingerprint density at radius 1 is 1.18 bits per heavy atom. The molecule has 0 aromatic rings. The molecule has 4 saturated carbocycles. The molecule has 0 heterocycles. The lowest BCUT2D eigenvalue weighted by atomic mass is 9.76. The van der Waals surface area contributed by atoms with E-state index in [9.17, 15) is 5.11 Å². The predicted molar refractivity (Wildman–Crippen MR) is 43.0 cm³/mol. The fraction of sp³-hybridized carbons (Fsp3) is 1.00. The molecule has 4 bridgehead atoms. The Morgan fingerprint density at radius 3 is 1.91 bits per heavy atom. The van der Waals surface area contributed by atoms with Gasteiger partial charge in [-0.05, 0) is 35.0 Å². The van der Waals surface area contributed by atoms with Crippen molar-refractivity contribution >= 4 is 0 Å². The van der Waals surface area contributed by atoms with Crippen LogP contribution in [0.1, 0.15) is 27.2 Å². The average Bonchev–Trinajstić information content (AvgIpc) is 2.14. The quantitative estimate of drug-likeness (QED) is 0.559. The molecule has 1 N–H and O–H groups in total. The maximum atomic E-state index is 9.85. The number of aliphatic hydroxyl groups is 1. The monoisotopic (exact) mass is 152 g/mol. The van der Waals surface area contributed by atoms with Crippen LogP contribution in [0.2, 0.25) is 0 Å². The van der Waals surface area contributed by atoms with E-state index in [1.54, 1.807) is 0 Å². The molecular formula is C10H16O. The molecule has 5 atom stereocenters. The van der Waals surface area contributed by atoms with Gasteiger partial charge >= 0.3 is 0 Å². The van der Waals surface area contributed by atoms with E-state index in [1.165, 1.54) is 6.42 Å². The van der Waals surface area contributed by atoms with Crippen molar-refractivity contribution in [3.05, 3.63) is 0 Å². The Kier molecular flexibility index (Phi) is 0.755. The predicted octanol–water partition coefficient (Wildman–Crippen LogP) is 1.66. The maximum Gasteiger partial charge on any atom is 0.0610 e. The minimum absolute atomic E-state index is 0.0417. The van der Waals surface area contributed by atoms with Gasteiger partial charge in [-0.3, -0.25) is 0 Å². The van der Waals surface area contributed by atoms with Crippen molar-refractivity contribution in [1.82, 2.24) is 0 Å². The highest BCUT2D eigenvalue weighted by molar-refractivity contribution is 5.31. The minimum Gasteiger partial charge on any atom is -0.392 e. The third-order valence-corrected chi connectivity index (χ3v) is 5.39. The summed E-state index contributed by atoms with van der Waals surface area (Å²) in [7, 11) is 0. The number of hydrogen-bond donors (Lipinski definition) is 1. The van der Waals surface area contributed by atoms with Gasteiger partial charge in [0.05, 0.1) is 6.10 Å². The number of rotatable bonds is 0. The highest BCUT2D eigenvalue weighted by Gasteiger charge is 2.83. The van der Waals surface area contributed by atoms with Crippen molar-refractivity contribution in [3.63, 3.8) is 0 Å². The van der Waals surface area contributed by atoms with Gasteiger partial charge in [0.15, 0.2) is 0 Å². The summed E-state index contributed by atoms with van der Waals surface area (Å²) in [4.78, 5) is 0. The van der Waals surface area contributed by atoms with E-state index in [-0.39, 0.29) is 6.10 Å². The van der Waals surface area contributed by atoms with E-state index < -0.39 is 0 Å². The van der Waals surface area contributed by atoms with Crippen LogP contribution < -0.4 is 0 Å². The number of hydrogen-bond acceptors (Lipinski definition) is 1. The Hall–Kier alpha value is -0.0400. The first-order valence-corrected chi connectivity index (χ1v) is 4.69. The summed E-state index contributed by atoms with van der Waals surface area (Å²) in [5.41, 5.74) is 0.929. The van der Waals surface area contributed by atoms with E-state index in [0.717, 1.165) is 5.92 Å². The second-order valence-corrected chi connectivity index (χ2v) is 5.47. The van der Waals surface area contributed by atoms with Gasteiger partial charge in [0.1, 0.15) is 0 Å². The van der Waals surface area contributed by atoms with Crippen LogP contribution in [0.25, 0.3) is 0 Å². The Labute approximate surface area is 67.8 Å². The zero-order chi connectivity index (χ0) is 8.02. The lowest BCUT2D eigenvalue weighted by Crippen LogP contribution is -2.25. The third-order valence-electron chi connectivity index (χ3n) is 5.39. The van der Waals surface area contributed by atoms with E-state index in [4.69, 9.17) is 0 Å². The zero-order valence-corrected chi connectivity index (χ0v) is 7.46. The summed E-state index contributed by atoms with van der Waals surface area (Å²) in [6.07, 6.45) is 1.34. The molecular weight excluding hydrogens is 136 g/mol. The fourth-order valence-corrected chi connectivity index (χ4v) is 4.31. The lowest BCUT2D eigenvalue weighted by molar-refractivity contribution is 0.0951. The molecule has 4 aliphatic rings. The van der Waals surface area contributed by atoms with Crippen molar-refractivity contribution in [1.29, 1.82) is 0 Å². The van der Waals surface area contributed by atoms with Crippen LogP contribution in [0.15, 0.2) is 0 Å². The molecule has 0 radical (unpaired) electrons. The molecule has 4 rings (SSSR count). The van der Waals surface area contributed by atoms with Crippen molar-refractivity contribution in [2.75, 3.05) is 0 Å². The average molecular weight is 152 g/mol. The third kappa shape index (κ3) is 0.376. The van der Waals surface area contributed by atoms with Gasteiger partial charge in [-0.1, -0.05) is 20.8 Å². The van der Waals surface area contributed by atoms with E-state index in [1.807, 2.05) is 0 Å². The summed E-state index contributed by atoms with van der Waals surface area (Å²) in [5.74, 6) is 2.16. The summed E-state index contributed by atoms with van der Waals surface area (Å²) < 4.78 is 0. The summed E-state index contributed by atoms with van der Waals surface area (Å²) in [6.45, 7) is 7.06. The van der Waals surface area contributed by atoms with Gasteiger partial charge in [-0.15, -0.1) is 0 Å². The van der Waals surface area contributed by atoms with Crippen LogP contribution in [-0.4, -0.2) is 11.2 Å². The van der Waals surface area contributed by atoms with E-state index in [0.29, 0.717) is 22.7 Å². The zero-order valence-electron chi connectivity index (χ0n) is 7.46. The second-order valence-electron chi connectivity index (χ2n) is 5.47. The Morgan fingerprint density at radius 2 is 1.82 bits per heavy atom. The van der Waals surface area contributed by atoms with Crippen LogP contribution in [-0.2, 0) is 0 Å². The van der Waals surface area contributed by atoms with Crippen molar-refractivity contribution in [3.8, 4) is 0 Å². The molecule has 4 aliphatic carbocycles. The SMILES string of the molecule is CC1(C)[C@@H]2C[C@H]3[C@@H]([C@@H]2O)[C@@]31C. The molecule has 0 aliphatic heterocycles. The maximum absolute atomic E-state index is 9.85. The van der Waals surface area contributed by atoms with E-state index >= 15 is 0 Å². The van der Waals surface area contributed by atoms with Crippen LogP contribution in [0.3, 0.4) is 0 Å². The van der Waals surface area contributed by atoms with Gasteiger partial charge in [-0.25, -0.2) is 0 Å². The molecule has 11 heavy (non-hydrogen) atoms. The van der Waals surface area contributed by atoms with Gasteiger partial charge in [0.25, 0.3) is 0 Å². The highest BCUT2D eigenvalue weighted by Crippen LogP contribution is 2.85. The van der Waals surface area contributed by atoms with Crippen LogP contribution >= 0.6 is 0 Å². The van der Waals surface area contributed by atoms with E-state index in [2.05, 4.69) is 20.8 Å². The molecule has 0 aromatic heterocycles. The normalized spacial score (nSPS) is 68.7. The van der Waals surface area contributed by atoms with Gasteiger partial charge in [0.2, 0.25) is 0 Å². The van der Waals surface area contributed by atoms with Gasteiger partial charge < -0.3 is 5.11 Å². The van der Waals surface area contributed by atoms with Crippen LogP contribution in [0, 0.1) is 28.6 Å². The highest BCUT2D eigenvalue weighted by atomic mass is 16.3. The molecule has 0 spiro atoms. The standard InChI is InChI=1S/C10H16O/c1-9(2)6-4-5-7(8(6)11)10(5,9)3/h5-8,11H,4H2,1-3H3/t5-,6+,7-,8+,10+/m0/s1. The van der Waals surface area contributed by atoms with Gasteiger partial charge in [-0.2, -0.15) is 0 Å². The lowest BCUT2D eigenvalue weighted by Gasteiger charge is -2.29. The molecule has 1 nitrogen and oxygen atoms in total. The van der Waals surface area contributed by atoms with Gasteiger partial charge in [0, 0.05) is 0 Å². The van der Waals surface area contributed by atoms with Crippen LogP contribution in [0.5, 0.6) is 0 Å². The molecule has 1 heteroatoms. The minimum atomic E-state index is 0.0417. The fourth-order valence-electron chi connectivity index (χ4n) is 4.31. The molecule has 4 fully saturated rings. The van der Waals surface area contributed by atoms with Crippen molar-refractivity contribution in [2.45, 2.75) is 33.3 Å². The van der Waals surface area contributed by atoms with Crippen molar-refractivity contribution in [2.24, 2.45) is 28.6 Å².